The molecule has 0 spiro atoms. The first kappa shape index (κ1) is 15.6. The van der Waals surface area contributed by atoms with Crippen molar-refractivity contribution in [2.75, 3.05) is 0 Å². The van der Waals surface area contributed by atoms with E-state index in [1.807, 2.05) is 5.57 Å². The van der Waals surface area contributed by atoms with Gasteiger partial charge in [0.25, 0.3) is 0 Å². The van der Waals surface area contributed by atoms with Crippen LogP contribution in [0.2, 0.25) is 0 Å². The van der Waals surface area contributed by atoms with E-state index in [2.05, 4.69) is 13.0 Å². The van der Waals surface area contributed by atoms with E-state index in [1.54, 1.807) is 6.42 Å². The maximum atomic E-state index is 2.66. The first-order valence-corrected chi connectivity index (χ1v) is 9.97. The summed E-state index contributed by atoms with van der Waals surface area (Å²) in [5, 5.41) is 0. The molecule has 0 nitrogen and oxygen atoms in total. The molecule has 2 saturated carbocycles. The minimum atomic E-state index is 1.01. The van der Waals surface area contributed by atoms with Gasteiger partial charge in [-0.3, -0.25) is 0 Å². The second-order valence-corrected chi connectivity index (χ2v) is 8.57. The largest absolute Gasteiger partial charge is 0.0850 e. The topological polar surface area (TPSA) is 0 Å². The van der Waals surface area contributed by atoms with Gasteiger partial charge in [-0.1, -0.05) is 76.4 Å². The number of rotatable bonds is 4. The highest BCUT2D eigenvalue weighted by Gasteiger charge is 2.24. The van der Waals surface area contributed by atoms with Crippen LogP contribution in [0.15, 0.2) is 11.6 Å². The Hall–Kier alpha value is -0.260. The van der Waals surface area contributed by atoms with Crippen LogP contribution >= 0.6 is 0 Å². The minimum Gasteiger partial charge on any atom is -0.0850 e. The lowest BCUT2D eigenvalue weighted by molar-refractivity contribution is 0.236. The summed E-state index contributed by atoms with van der Waals surface area (Å²) in [6.07, 6.45) is 23.6. The van der Waals surface area contributed by atoms with E-state index in [9.17, 15) is 0 Å². The molecular formula is C21H36. The van der Waals surface area contributed by atoms with Gasteiger partial charge in [0.1, 0.15) is 0 Å². The Labute approximate surface area is 132 Å². The molecule has 120 valence electrons. The van der Waals surface area contributed by atoms with Crippen LogP contribution in [0.25, 0.3) is 0 Å². The lowest BCUT2D eigenvalue weighted by atomic mass is 9.74. The van der Waals surface area contributed by atoms with E-state index >= 15 is 0 Å². The molecule has 0 heteroatoms. The first-order valence-electron chi connectivity index (χ1n) is 9.97. The summed E-state index contributed by atoms with van der Waals surface area (Å²) in [5.74, 6) is 4.15. The Kier molecular flexibility index (Phi) is 5.83. The molecule has 0 radical (unpaired) electrons. The highest BCUT2D eigenvalue weighted by molar-refractivity contribution is 5.07. The molecule has 0 aliphatic heterocycles. The zero-order valence-corrected chi connectivity index (χ0v) is 14.3. The molecule has 3 aliphatic carbocycles. The summed E-state index contributed by atoms with van der Waals surface area (Å²) in [6.45, 7) is 2.44. The summed E-state index contributed by atoms with van der Waals surface area (Å²) in [5.41, 5.74) is 1.83. The van der Waals surface area contributed by atoms with Crippen LogP contribution in [0, 0.1) is 23.7 Å². The standard InChI is InChI=1S/C21H36/c1-17-7-9-19(10-8-17)16-21-13-11-20(12-14-21)15-18-5-3-2-4-6-18/h11,17-19,21H,2-10,12-16H2,1H3. The minimum absolute atomic E-state index is 1.01. The fraction of sp³-hybridized carbons (Fsp3) is 0.905. The molecule has 21 heavy (non-hydrogen) atoms. The van der Waals surface area contributed by atoms with Gasteiger partial charge in [-0.25, -0.2) is 0 Å². The van der Waals surface area contributed by atoms with Crippen LogP contribution in [0.5, 0.6) is 0 Å². The molecule has 0 amide bonds. The fourth-order valence-electron chi connectivity index (χ4n) is 5.14. The predicted molar refractivity (Wildman–Crippen MR) is 92.4 cm³/mol. The van der Waals surface area contributed by atoms with Gasteiger partial charge >= 0.3 is 0 Å². The zero-order chi connectivity index (χ0) is 14.5. The van der Waals surface area contributed by atoms with Crippen molar-refractivity contribution < 1.29 is 0 Å². The number of hydrogen-bond acceptors (Lipinski definition) is 0. The van der Waals surface area contributed by atoms with Gasteiger partial charge in [0, 0.05) is 0 Å². The van der Waals surface area contributed by atoms with Crippen LogP contribution in [-0.4, -0.2) is 0 Å². The Balaban J connectivity index is 1.39. The number of allylic oxidation sites excluding steroid dienone is 2. The van der Waals surface area contributed by atoms with Crippen LogP contribution in [-0.2, 0) is 0 Å². The van der Waals surface area contributed by atoms with Gasteiger partial charge in [0.2, 0.25) is 0 Å². The molecular weight excluding hydrogens is 252 g/mol. The van der Waals surface area contributed by atoms with E-state index in [1.165, 1.54) is 83.5 Å². The predicted octanol–water partition coefficient (Wildman–Crippen LogP) is 6.90. The second-order valence-electron chi connectivity index (χ2n) is 8.57. The molecule has 2 fully saturated rings. The van der Waals surface area contributed by atoms with E-state index in [4.69, 9.17) is 0 Å². The van der Waals surface area contributed by atoms with E-state index in [0.29, 0.717) is 0 Å². The molecule has 1 atom stereocenters. The molecule has 0 saturated heterocycles. The lowest BCUT2D eigenvalue weighted by Gasteiger charge is -2.31. The Morgan fingerprint density at radius 1 is 0.810 bits per heavy atom. The third-order valence-corrected chi connectivity index (χ3v) is 6.69. The molecule has 0 aromatic rings. The van der Waals surface area contributed by atoms with E-state index in [-0.39, 0.29) is 0 Å². The number of hydrogen-bond donors (Lipinski definition) is 0. The first-order chi connectivity index (χ1) is 10.3. The van der Waals surface area contributed by atoms with Crippen molar-refractivity contribution in [1.82, 2.24) is 0 Å². The summed E-state index contributed by atoms with van der Waals surface area (Å²) >= 11 is 0. The summed E-state index contributed by atoms with van der Waals surface area (Å²) in [7, 11) is 0. The van der Waals surface area contributed by atoms with Crippen LogP contribution in [0.4, 0.5) is 0 Å². The quantitative estimate of drug-likeness (QED) is 0.493. The normalized spacial score (nSPS) is 35.5. The van der Waals surface area contributed by atoms with Crippen molar-refractivity contribution in [3.05, 3.63) is 11.6 Å². The van der Waals surface area contributed by atoms with Gasteiger partial charge in [-0.15, -0.1) is 0 Å². The van der Waals surface area contributed by atoms with Gasteiger partial charge < -0.3 is 0 Å². The molecule has 3 aliphatic rings. The van der Waals surface area contributed by atoms with Crippen molar-refractivity contribution in [3.8, 4) is 0 Å². The molecule has 0 N–H and O–H groups in total. The van der Waals surface area contributed by atoms with Crippen molar-refractivity contribution >= 4 is 0 Å². The average molecular weight is 289 g/mol. The highest BCUT2D eigenvalue weighted by Crippen LogP contribution is 2.38. The summed E-state index contributed by atoms with van der Waals surface area (Å²) in [4.78, 5) is 0. The smallest absolute Gasteiger partial charge is 0.0292 e. The van der Waals surface area contributed by atoms with Crippen molar-refractivity contribution in [3.63, 3.8) is 0 Å². The molecule has 0 heterocycles. The van der Waals surface area contributed by atoms with Gasteiger partial charge in [0.05, 0.1) is 0 Å². The van der Waals surface area contributed by atoms with Crippen molar-refractivity contribution in [2.24, 2.45) is 23.7 Å². The molecule has 0 bridgehead atoms. The summed E-state index contributed by atoms with van der Waals surface area (Å²) < 4.78 is 0. The summed E-state index contributed by atoms with van der Waals surface area (Å²) in [6, 6.07) is 0. The Bertz CT molecular complexity index is 326. The zero-order valence-electron chi connectivity index (χ0n) is 14.3. The highest BCUT2D eigenvalue weighted by atomic mass is 14.3. The maximum absolute atomic E-state index is 2.66. The maximum Gasteiger partial charge on any atom is -0.0292 e. The third-order valence-electron chi connectivity index (χ3n) is 6.69. The van der Waals surface area contributed by atoms with E-state index < -0.39 is 0 Å². The van der Waals surface area contributed by atoms with Crippen LogP contribution in [0.1, 0.15) is 96.8 Å². The Morgan fingerprint density at radius 2 is 1.57 bits per heavy atom. The Morgan fingerprint density at radius 3 is 2.24 bits per heavy atom. The van der Waals surface area contributed by atoms with Crippen LogP contribution < -0.4 is 0 Å². The molecule has 1 unspecified atom stereocenters. The van der Waals surface area contributed by atoms with Gasteiger partial charge in [-0.05, 0) is 55.8 Å². The monoisotopic (exact) mass is 288 g/mol. The van der Waals surface area contributed by atoms with E-state index in [0.717, 1.165) is 23.7 Å². The van der Waals surface area contributed by atoms with Gasteiger partial charge in [0.15, 0.2) is 0 Å². The van der Waals surface area contributed by atoms with Gasteiger partial charge in [-0.2, -0.15) is 0 Å². The third kappa shape index (κ3) is 4.86. The lowest BCUT2D eigenvalue weighted by Crippen LogP contribution is -2.17. The molecule has 3 rings (SSSR count). The van der Waals surface area contributed by atoms with Crippen molar-refractivity contribution in [2.45, 2.75) is 96.8 Å². The molecule has 0 aromatic carbocycles. The SMILES string of the molecule is CC1CCC(CC2CC=C(CC3CCCCC3)CC2)CC1. The molecule has 0 aromatic heterocycles. The fourth-order valence-corrected chi connectivity index (χ4v) is 5.14. The average Bonchev–Trinajstić information content (AvgIpc) is 2.53. The second kappa shape index (κ2) is 7.84. The van der Waals surface area contributed by atoms with Crippen molar-refractivity contribution in [1.29, 1.82) is 0 Å². The van der Waals surface area contributed by atoms with Crippen LogP contribution in [0.3, 0.4) is 0 Å².